The molecule has 1 amide bonds. The van der Waals surface area contributed by atoms with Gasteiger partial charge in [-0.25, -0.2) is 4.79 Å². The first-order valence-corrected chi connectivity index (χ1v) is 3.73. The van der Waals surface area contributed by atoms with Crippen molar-refractivity contribution in [1.82, 2.24) is 5.32 Å². The Labute approximate surface area is 75.5 Å². The Morgan fingerprint density at radius 1 is 1.54 bits per heavy atom. The molecule has 0 saturated heterocycles. The van der Waals surface area contributed by atoms with Crippen LogP contribution in [0.4, 0.5) is 0 Å². The number of hydrogen-bond donors (Lipinski definition) is 3. The molecule has 1 atom stereocenters. The summed E-state index contributed by atoms with van der Waals surface area (Å²) in [5, 5.41) is 19.2. The second-order valence-corrected chi connectivity index (χ2v) is 2.40. The van der Waals surface area contributed by atoms with E-state index in [1.54, 1.807) is 0 Å². The molecule has 0 aromatic rings. The smallest absolute Gasteiger partial charge is 0.326 e. The predicted molar refractivity (Wildman–Crippen MR) is 43.1 cm³/mol. The van der Waals surface area contributed by atoms with Crippen molar-refractivity contribution in [3.05, 3.63) is 0 Å². The van der Waals surface area contributed by atoms with E-state index >= 15 is 0 Å². The number of rotatable bonds is 6. The second kappa shape index (κ2) is 6.38. The van der Waals surface area contributed by atoms with Crippen molar-refractivity contribution in [2.45, 2.75) is 12.5 Å². The van der Waals surface area contributed by atoms with Gasteiger partial charge in [0.15, 0.2) is 0 Å². The number of aliphatic hydroxyl groups excluding tert-OH is 1. The lowest BCUT2D eigenvalue weighted by Crippen LogP contribution is -2.42. The standard InChI is InChI=1S/C7H13NO5/c1-13-4-6(10)8-5(2-3-9)7(11)12/h5,9H,2-4H2,1H3,(H,8,10)(H,11,12)/t5-/m1/s1. The maximum atomic E-state index is 10.9. The van der Waals surface area contributed by atoms with Crippen LogP contribution in [0, 0.1) is 0 Å². The number of aliphatic hydroxyl groups is 1. The van der Waals surface area contributed by atoms with Crippen LogP contribution in [0.15, 0.2) is 0 Å². The Morgan fingerprint density at radius 3 is 2.54 bits per heavy atom. The highest BCUT2D eigenvalue weighted by Crippen LogP contribution is 1.91. The highest BCUT2D eigenvalue weighted by molar-refractivity contribution is 5.84. The van der Waals surface area contributed by atoms with Crippen molar-refractivity contribution >= 4 is 11.9 Å². The Balaban J connectivity index is 3.94. The van der Waals surface area contributed by atoms with Crippen LogP contribution < -0.4 is 5.32 Å². The monoisotopic (exact) mass is 191 g/mol. The third kappa shape index (κ3) is 5.15. The van der Waals surface area contributed by atoms with Crippen LogP contribution in [0.3, 0.4) is 0 Å². The minimum absolute atomic E-state index is 0.00914. The summed E-state index contributed by atoms with van der Waals surface area (Å²) in [6, 6.07) is -1.05. The van der Waals surface area contributed by atoms with Crippen molar-refractivity contribution in [1.29, 1.82) is 0 Å². The maximum absolute atomic E-state index is 10.9. The Bertz CT molecular complexity index is 182. The summed E-state index contributed by atoms with van der Waals surface area (Å²) in [6.45, 7) is -0.473. The number of nitrogens with one attached hydrogen (secondary N) is 1. The highest BCUT2D eigenvalue weighted by atomic mass is 16.5. The van der Waals surface area contributed by atoms with E-state index in [4.69, 9.17) is 10.2 Å². The fraction of sp³-hybridized carbons (Fsp3) is 0.714. The highest BCUT2D eigenvalue weighted by Gasteiger charge is 2.18. The summed E-state index contributed by atoms with van der Waals surface area (Å²) in [7, 11) is 1.33. The SMILES string of the molecule is COCC(=O)N[C@H](CCO)C(=O)O. The van der Waals surface area contributed by atoms with Crippen molar-refractivity contribution in [3.8, 4) is 0 Å². The van der Waals surface area contributed by atoms with Crippen molar-refractivity contribution < 1.29 is 24.5 Å². The van der Waals surface area contributed by atoms with Gasteiger partial charge in [0.05, 0.1) is 0 Å². The topological polar surface area (TPSA) is 95.9 Å². The van der Waals surface area contributed by atoms with E-state index in [0.717, 1.165) is 0 Å². The molecular formula is C7H13NO5. The molecule has 0 heterocycles. The molecule has 0 radical (unpaired) electrons. The van der Waals surface area contributed by atoms with E-state index < -0.39 is 17.9 Å². The van der Waals surface area contributed by atoms with Gasteiger partial charge in [0.2, 0.25) is 5.91 Å². The Kier molecular flexibility index (Phi) is 5.82. The van der Waals surface area contributed by atoms with E-state index in [1.807, 2.05) is 0 Å². The minimum atomic E-state index is -1.17. The molecule has 6 nitrogen and oxygen atoms in total. The molecule has 0 aliphatic rings. The van der Waals surface area contributed by atoms with Crippen LogP contribution in [0.25, 0.3) is 0 Å². The fourth-order valence-corrected chi connectivity index (χ4v) is 0.754. The van der Waals surface area contributed by atoms with Crippen LogP contribution in [0.5, 0.6) is 0 Å². The van der Waals surface area contributed by atoms with Crippen LogP contribution in [-0.2, 0) is 14.3 Å². The zero-order valence-electron chi connectivity index (χ0n) is 7.32. The van der Waals surface area contributed by atoms with Crippen molar-refractivity contribution in [2.24, 2.45) is 0 Å². The van der Waals surface area contributed by atoms with E-state index in [-0.39, 0.29) is 19.6 Å². The van der Waals surface area contributed by atoms with Gasteiger partial charge in [-0.15, -0.1) is 0 Å². The van der Waals surface area contributed by atoms with Gasteiger partial charge >= 0.3 is 5.97 Å². The molecule has 0 saturated carbocycles. The Hall–Kier alpha value is -1.14. The zero-order chi connectivity index (χ0) is 10.3. The van der Waals surface area contributed by atoms with E-state index in [2.05, 4.69) is 10.1 Å². The molecule has 0 unspecified atom stereocenters. The van der Waals surface area contributed by atoms with Crippen LogP contribution in [0.2, 0.25) is 0 Å². The molecule has 0 fully saturated rings. The molecule has 0 spiro atoms. The first-order valence-electron chi connectivity index (χ1n) is 3.73. The number of hydrogen-bond acceptors (Lipinski definition) is 4. The third-order valence-corrected chi connectivity index (χ3v) is 1.33. The summed E-state index contributed by atoms with van der Waals surface area (Å²) >= 11 is 0. The minimum Gasteiger partial charge on any atom is -0.480 e. The fourth-order valence-electron chi connectivity index (χ4n) is 0.754. The second-order valence-electron chi connectivity index (χ2n) is 2.40. The average molecular weight is 191 g/mol. The van der Waals surface area contributed by atoms with Gasteiger partial charge < -0.3 is 20.3 Å². The maximum Gasteiger partial charge on any atom is 0.326 e. The number of carbonyl (C=O) groups excluding carboxylic acids is 1. The quantitative estimate of drug-likeness (QED) is 0.479. The molecule has 6 heteroatoms. The molecule has 3 N–H and O–H groups in total. The normalized spacial score (nSPS) is 12.2. The summed E-state index contributed by atoms with van der Waals surface area (Å²) < 4.78 is 4.49. The number of carbonyl (C=O) groups is 2. The van der Waals surface area contributed by atoms with Crippen LogP contribution in [0.1, 0.15) is 6.42 Å². The number of ether oxygens (including phenoxy) is 1. The van der Waals surface area contributed by atoms with Gasteiger partial charge in [0, 0.05) is 20.1 Å². The molecule has 13 heavy (non-hydrogen) atoms. The van der Waals surface area contributed by atoms with E-state index in [1.165, 1.54) is 7.11 Å². The summed E-state index contributed by atoms with van der Waals surface area (Å²) in [4.78, 5) is 21.3. The number of amides is 1. The summed E-state index contributed by atoms with van der Waals surface area (Å²) in [6.07, 6.45) is -0.00914. The number of carboxylic acids is 1. The number of carboxylic acid groups (broad SMARTS) is 1. The van der Waals surface area contributed by atoms with Gasteiger partial charge in [-0.1, -0.05) is 0 Å². The molecule has 0 rings (SSSR count). The van der Waals surface area contributed by atoms with E-state index in [0.29, 0.717) is 0 Å². The number of methoxy groups -OCH3 is 1. The van der Waals surface area contributed by atoms with Gasteiger partial charge in [-0.2, -0.15) is 0 Å². The molecule has 0 aliphatic heterocycles. The lowest BCUT2D eigenvalue weighted by molar-refractivity contribution is -0.142. The van der Waals surface area contributed by atoms with Gasteiger partial charge in [-0.3, -0.25) is 4.79 Å². The molecule has 0 aromatic heterocycles. The summed E-state index contributed by atoms with van der Waals surface area (Å²) in [5.41, 5.74) is 0. The molecule has 0 aliphatic carbocycles. The number of aliphatic carboxylic acids is 1. The Morgan fingerprint density at radius 2 is 2.15 bits per heavy atom. The lowest BCUT2D eigenvalue weighted by atomic mass is 10.2. The largest absolute Gasteiger partial charge is 0.480 e. The first kappa shape index (κ1) is 11.9. The van der Waals surface area contributed by atoms with E-state index in [9.17, 15) is 9.59 Å². The van der Waals surface area contributed by atoms with Crippen molar-refractivity contribution in [2.75, 3.05) is 20.3 Å². The molecule has 0 bridgehead atoms. The predicted octanol–water partition coefficient (Wildman–Crippen LogP) is -1.42. The molecular weight excluding hydrogens is 178 g/mol. The lowest BCUT2D eigenvalue weighted by Gasteiger charge is -2.12. The zero-order valence-corrected chi connectivity index (χ0v) is 7.32. The van der Waals surface area contributed by atoms with Gasteiger partial charge in [-0.05, 0) is 0 Å². The van der Waals surface area contributed by atoms with Crippen LogP contribution >= 0.6 is 0 Å². The van der Waals surface area contributed by atoms with Crippen molar-refractivity contribution in [3.63, 3.8) is 0 Å². The molecule has 0 aromatic carbocycles. The van der Waals surface area contributed by atoms with Gasteiger partial charge in [0.1, 0.15) is 12.6 Å². The first-order chi connectivity index (χ1) is 6.11. The third-order valence-electron chi connectivity index (χ3n) is 1.33. The average Bonchev–Trinajstić information content (AvgIpc) is 2.04. The van der Waals surface area contributed by atoms with Crippen LogP contribution in [-0.4, -0.2) is 48.5 Å². The summed E-state index contributed by atoms with van der Waals surface area (Å²) in [5.74, 6) is -1.68. The molecule has 76 valence electrons. The van der Waals surface area contributed by atoms with Gasteiger partial charge in [0.25, 0.3) is 0 Å².